The molecule has 1 aliphatic rings. The summed E-state index contributed by atoms with van der Waals surface area (Å²) < 4.78 is 13.9. The van der Waals surface area contributed by atoms with E-state index >= 15 is 0 Å². The largest absolute Gasteiger partial charge is 0.389 e. The average Bonchev–Trinajstić information content (AvgIpc) is 2.26. The lowest BCUT2D eigenvalue weighted by Gasteiger charge is -2.36. The molecule has 18 heavy (non-hydrogen) atoms. The first-order valence-electron chi connectivity index (χ1n) is 5.97. The van der Waals surface area contributed by atoms with Gasteiger partial charge in [0.25, 0.3) is 0 Å². The Morgan fingerprint density at radius 3 is 2.50 bits per heavy atom. The number of hydrogen-bond donors (Lipinski definition) is 1. The lowest BCUT2D eigenvalue weighted by molar-refractivity contribution is 0.623. The first kappa shape index (κ1) is 13.6. The lowest BCUT2D eigenvalue weighted by Crippen LogP contribution is -2.40. The van der Waals surface area contributed by atoms with E-state index in [9.17, 15) is 4.39 Å². The monoisotopic (exact) mass is 284 g/mol. The van der Waals surface area contributed by atoms with Crippen LogP contribution < -0.4 is 10.6 Å². The second kappa shape index (κ2) is 5.45. The number of thiocarbonyl (C=S) groups is 1. The molecule has 1 aromatic rings. The van der Waals surface area contributed by atoms with Crippen molar-refractivity contribution in [1.29, 1.82) is 0 Å². The fourth-order valence-corrected chi connectivity index (χ4v) is 3.78. The first-order valence-corrected chi connectivity index (χ1v) is 7.32. The van der Waals surface area contributed by atoms with Crippen molar-refractivity contribution in [2.75, 3.05) is 18.0 Å². The second-order valence-electron chi connectivity index (χ2n) is 4.69. The highest BCUT2D eigenvalue weighted by molar-refractivity contribution is 8.00. The Balaban J connectivity index is 2.23. The van der Waals surface area contributed by atoms with Crippen LogP contribution in [-0.2, 0) is 0 Å². The standard InChI is InChI=1S/C13H17FN2S2/c1-8-6-16(7-9(2)18-8)10-3-4-11(13(15)17)12(14)5-10/h3-5,8-9H,6-7H2,1-2H3,(H2,15,17). The number of thioether (sulfide) groups is 1. The molecule has 2 N–H and O–H groups in total. The molecule has 0 aliphatic carbocycles. The van der Waals surface area contributed by atoms with Gasteiger partial charge in [0.1, 0.15) is 10.8 Å². The van der Waals surface area contributed by atoms with Crippen molar-refractivity contribution >= 4 is 34.7 Å². The highest BCUT2D eigenvalue weighted by Gasteiger charge is 2.23. The third kappa shape index (κ3) is 2.95. The van der Waals surface area contributed by atoms with Gasteiger partial charge < -0.3 is 10.6 Å². The van der Waals surface area contributed by atoms with Crippen molar-refractivity contribution in [1.82, 2.24) is 0 Å². The lowest BCUT2D eigenvalue weighted by atomic mass is 10.1. The highest BCUT2D eigenvalue weighted by atomic mass is 32.2. The van der Waals surface area contributed by atoms with Crippen LogP contribution in [0.1, 0.15) is 19.4 Å². The minimum Gasteiger partial charge on any atom is -0.389 e. The molecule has 0 amide bonds. The van der Waals surface area contributed by atoms with Crippen molar-refractivity contribution < 1.29 is 4.39 Å². The van der Waals surface area contributed by atoms with E-state index in [0.29, 0.717) is 16.1 Å². The molecule has 1 fully saturated rings. The van der Waals surface area contributed by atoms with Crippen LogP contribution in [0.2, 0.25) is 0 Å². The summed E-state index contributed by atoms with van der Waals surface area (Å²) in [6.45, 7) is 6.29. The van der Waals surface area contributed by atoms with Crippen molar-refractivity contribution in [2.45, 2.75) is 24.3 Å². The summed E-state index contributed by atoms with van der Waals surface area (Å²) in [4.78, 5) is 2.33. The van der Waals surface area contributed by atoms with Gasteiger partial charge in [0.2, 0.25) is 0 Å². The van der Waals surface area contributed by atoms with Gasteiger partial charge in [-0.05, 0) is 18.2 Å². The Morgan fingerprint density at radius 2 is 2.00 bits per heavy atom. The van der Waals surface area contributed by atoms with Crippen molar-refractivity contribution in [3.8, 4) is 0 Å². The van der Waals surface area contributed by atoms with E-state index in [1.807, 2.05) is 17.8 Å². The quantitative estimate of drug-likeness (QED) is 0.846. The van der Waals surface area contributed by atoms with Crippen molar-refractivity contribution in [2.24, 2.45) is 5.73 Å². The van der Waals surface area contributed by atoms with E-state index in [1.165, 1.54) is 6.07 Å². The molecule has 5 heteroatoms. The van der Waals surface area contributed by atoms with Crippen molar-refractivity contribution in [3.05, 3.63) is 29.6 Å². The minimum atomic E-state index is -0.335. The van der Waals surface area contributed by atoms with Gasteiger partial charge >= 0.3 is 0 Å². The van der Waals surface area contributed by atoms with Crippen molar-refractivity contribution in [3.63, 3.8) is 0 Å². The Bertz CT molecular complexity index is 454. The fourth-order valence-electron chi connectivity index (χ4n) is 2.29. The third-order valence-corrected chi connectivity index (χ3v) is 4.45. The molecule has 1 heterocycles. The van der Waals surface area contributed by atoms with E-state index in [-0.39, 0.29) is 10.8 Å². The Hall–Kier alpha value is -0.810. The molecule has 0 aromatic heterocycles. The van der Waals surface area contributed by atoms with Crippen LogP contribution in [0.15, 0.2) is 18.2 Å². The van der Waals surface area contributed by atoms with Crippen LogP contribution in [0.3, 0.4) is 0 Å². The number of benzene rings is 1. The molecule has 0 spiro atoms. The van der Waals surface area contributed by atoms with Crippen LogP contribution in [0, 0.1) is 5.82 Å². The van der Waals surface area contributed by atoms with Gasteiger partial charge in [-0.2, -0.15) is 11.8 Å². The number of rotatable bonds is 2. The second-order valence-corrected chi connectivity index (χ2v) is 7.01. The fraction of sp³-hybridized carbons (Fsp3) is 0.462. The van der Waals surface area contributed by atoms with Gasteiger partial charge in [-0.25, -0.2) is 4.39 Å². The molecule has 0 bridgehead atoms. The summed E-state index contributed by atoms with van der Waals surface area (Å²) in [7, 11) is 0. The van der Waals surface area contributed by atoms with E-state index in [1.54, 1.807) is 6.07 Å². The molecule has 98 valence electrons. The Kier molecular flexibility index (Phi) is 4.12. The van der Waals surface area contributed by atoms with Crippen LogP contribution >= 0.6 is 24.0 Å². The summed E-state index contributed by atoms with van der Waals surface area (Å²) in [5.41, 5.74) is 6.69. The number of nitrogens with two attached hydrogens (primary N) is 1. The summed E-state index contributed by atoms with van der Waals surface area (Å²) in [5.74, 6) is -0.335. The van der Waals surface area contributed by atoms with Crippen LogP contribution in [0.5, 0.6) is 0 Å². The molecule has 2 nitrogen and oxygen atoms in total. The molecule has 2 atom stereocenters. The number of anilines is 1. The van der Waals surface area contributed by atoms with Crippen LogP contribution in [0.25, 0.3) is 0 Å². The van der Waals surface area contributed by atoms with Crippen LogP contribution in [0.4, 0.5) is 10.1 Å². The van der Waals surface area contributed by atoms with Gasteiger partial charge in [-0.3, -0.25) is 0 Å². The van der Waals surface area contributed by atoms with Gasteiger partial charge in [0.15, 0.2) is 0 Å². The summed E-state index contributed by atoms with van der Waals surface area (Å²) >= 11 is 6.78. The minimum absolute atomic E-state index is 0.106. The number of hydrogen-bond acceptors (Lipinski definition) is 3. The van der Waals surface area contributed by atoms with E-state index in [2.05, 4.69) is 18.7 Å². The maximum absolute atomic E-state index is 13.9. The van der Waals surface area contributed by atoms with E-state index < -0.39 is 0 Å². The third-order valence-electron chi connectivity index (χ3n) is 3.00. The molecular formula is C13H17FN2S2. The van der Waals surface area contributed by atoms with Gasteiger partial charge in [-0.1, -0.05) is 26.1 Å². The summed E-state index contributed by atoms with van der Waals surface area (Å²) in [6, 6.07) is 5.10. The molecular weight excluding hydrogens is 267 g/mol. The summed E-state index contributed by atoms with van der Waals surface area (Å²) in [5, 5.41) is 1.12. The van der Waals surface area contributed by atoms with Gasteiger partial charge in [-0.15, -0.1) is 0 Å². The zero-order chi connectivity index (χ0) is 13.3. The Labute approximate surface area is 117 Å². The smallest absolute Gasteiger partial charge is 0.135 e. The molecule has 1 aromatic carbocycles. The predicted molar refractivity (Wildman–Crippen MR) is 81.0 cm³/mol. The average molecular weight is 284 g/mol. The molecule has 2 rings (SSSR count). The summed E-state index contributed by atoms with van der Waals surface area (Å²) in [6.07, 6.45) is 0. The predicted octanol–water partition coefficient (Wildman–Crippen LogP) is 2.79. The van der Waals surface area contributed by atoms with E-state index in [4.69, 9.17) is 18.0 Å². The molecule has 1 aliphatic heterocycles. The Morgan fingerprint density at radius 1 is 1.39 bits per heavy atom. The molecule has 0 saturated carbocycles. The molecule has 1 saturated heterocycles. The van der Waals surface area contributed by atoms with Gasteiger partial charge in [0.05, 0.1) is 0 Å². The first-order chi connectivity index (χ1) is 8.47. The topological polar surface area (TPSA) is 29.3 Å². The molecule has 2 unspecified atom stereocenters. The maximum Gasteiger partial charge on any atom is 0.135 e. The zero-order valence-corrected chi connectivity index (χ0v) is 12.2. The molecule has 0 radical (unpaired) electrons. The highest BCUT2D eigenvalue weighted by Crippen LogP contribution is 2.29. The maximum atomic E-state index is 13.9. The zero-order valence-electron chi connectivity index (χ0n) is 10.5. The van der Waals surface area contributed by atoms with E-state index in [0.717, 1.165) is 18.8 Å². The van der Waals surface area contributed by atoms with Crippen LogP contribution in [-0.4, -0.2) is 28.6 Å². The SMILES string of the molecule is CC1CN(c2ccc(C(N)=S)c(F)c2)CC(C)S1. The van der Waals surface area contributed by atoms with Gasteiger partial charge in [0, 0.05) is 34.8 Å². The normalized spacial score (nSPS) is 24.1. The number of nitrogens with zero attached hydrogens (tertiary/aromatic N) is 1. The number of halogens is 1.